The molecule has 11 heteroatoms. The van der Waals surface area contributed by atoms with E-state index in [1.807, 2.05) is 0 Å². The molecule has 172 valence electrons. The second kappa shape index (κ2) is 10.5. The highest BCUT2D eigenvalue weighted by Gasteiger charge is 2.35. The summed E-state index contributed by atoms with van der Waals surface area (Å²) >= 11 is 0. The standard InChI is InChI=1S/C21H24FN3O6S/c1-30-18-6-3-2-5-15(18)13-23-20(26)21(27)24-14-19-25(11-4-12-31-19)32(28,29)17-9-7-16(22)8-10-17/h2-3,5-10,19H,4,11-14H2,1H3,(H,23,26)(H,24,27)/t19-/m0/s1. The van der Waals surface area contributed by atoms with Crippen molar-refractivity contribution in [3.8, 4) is 5.75 Å². The van der Waals surface area contributed by atoms with Gasteiger partial charge in [-0.15, -0.1) is 0 Å². The second-order valence-electron chi connectivity index (χ2n) is 6.95. The summed E-state index contributed by atoms with van der Waals surface area (Å²) in [4.78, 5) is 24.3. The van der Waals surface area contributed by atoms with Crippen molar-refractivity contribution < 1.29 is 31.9 Å². The van der Waals surface area contributed by atoms with Crippen LogP contribution >= 0.6 is 0 Å². The van der Waals surface area contributed by atoms with E-state index in [1.165, 1.54) is 19.2 Å². The number of carbonyl (C=O) groups excluding carboxylic acids is 2. The SMILES string of the molecule is COc1ccccc1CNC(=O)C(=O)NC[C@@H]1OCCCN1S(=O)(=O)c1ccc(F)cc1. The first-order valence-corrected chi connectivity index (χ1v) is 11.3. The van der Waals surface area contributed by atoms with E-state index in [9.17, 15) is 22.4 Å². The van der Waals surface area contributed by atoms with Gasteiger partial charge in [-0.25, -0.2) is 12.8 Å². The van der Waals surface area contributed by atoms with Crippen molar-refractivity contribution in [2.24, 2.45) is 0 Å². The Morgan fingerprint density at radius 3 is 2.53 bits per heavy atom. The number of halogens is 1. The van der Waals surface area contributed by atoms with Gasteiger partial charge in [-0.05, 0) is 36.8 Å². The summed E-state index contributed by atoms with van der Waals surface area (Å²) in [6, 6.07) is 11.5. The smallest absolute Gasteiger partial charge is 0.309 e. The minimum atomic E-state index is -3.97. The molecule has 0 aromatic heterocycles. The average Bonchev–Trinajstić information content (AvgIpc) is 2.81. The monoisotopic (exact) mass is 465 g/mol. The summed E-state index contributed by atoms with van der Waals surface area (Å²) in [7, 11) is -2.47. The van der Waals surface area contributed by atoms with Gasteiger partial charge in [-0.2, -0.15) is 4.31 Å². The molecule has 1 aliphatic heterocycles. The van der Waals surface area contributed by atoms with Crippen LogP contribution in [0.5, 0.6) is 5.75 Å². The Morgan fingerprint density at radius 1 is 1.12 bits per heavy atom. The van der Waals surface area contributed by atoms with Crippen LogP contribution in [0, 0.1) is 5.82 Å². The van der Waals surface area contributed by atoms with E-state index in [0.717, 1.165) is 16.4 Å². The minimum absolute atomic E-state index is 0.0846. The predicted molar refractivity (Wildman–Crippen MR) is 112 cm³/mol. The molecular weight excluding hydrogens is 441 g/mol. The van der Waals surface area contributed by atoms with Crippen LogP contribution in [-0.4, -0.2) is 57.6 Å². The Hall–Kier alpha value is -3.02. The zero-order valence-corrected chi connectivity index (χ0v) is 18.2. The molecule has 2 aromatic rings. The third-order valence-electron chi connectivity index (χ3n) is 4.85. The number of hydrogen-bond donors (Lipinski definition) is 2. The number of nitrogens with one attached hydrogen (secondary N) is 2. The quantitative estimate of drug-likeness (QED) is 0.590. The van der Waals surface area contributed by atoms with Crippen LogP contribution in [0.4, 0.5) is 4.39 Å². The van der Waals surface area contributed by atoms with Crippen LogP contribution in [0.25, 0.3) is 0 Å². The molecule has 0 unspecified atom stereocenters. The second-order valence-corrected chi connectivity index (χ2v) is 8.84. The van der Waals surface area contributed by atoms with Gasteiger partial charge in [0.25, 0.3) is 0 Å². The highest BCUT2D eigenvalue weighted by molar-refractivity contribution is 7.89. The van der Waals surface area contributed by atoms with Crippen molar-refractivity contribution in [2.45, 2.75) is 24.1 Å². The van der Waals surface area contributed by atoms with Gasteiger partial charge in [0.1, 0.15) is 17.8 Å². The van der Waals surface area contributed by atoms with Crippen LogP contribution in [0.2, 0.25) is 0 Å². The number of amides is 2. The van der Waals surface area contributed by atoms with E-state index in [1.54, 1.807) is 24.3 Å². The third-order valence-corrected chi connectivity index (χ3v) is 6.75. The first kappa shape index (κ1) is 23.6. The van der Waals surface area contributed by atoms with E-state index < -0.39 is 33.9 Å². The van der Waals surface area contributed by atoms with E-state index >= 15 is 0 Å². The summed E-state index contributed by atoms with van der Waals surface area (Å²) in [6.07, 6.45) is -0.533. The van der Waals surface area contributed by atoms with Crippen molar-refractivity contribution in [3.63, 3.8) is 0 Å². The predicted octanol–water partition coefficient (Wildman–Crippen LogP) is 1.00. The van der Waals surface area contributed by atoms with E-state index in [-0.39, 0.29) is 24.5 Å². The van der Waals surface area contributed by atoms with E-state index in [0.29, 0.717) is 24.3 Å². The van der Waals surface area contributed by atoms with Gasteiger partial charge < -0.3 is 20.1 Å². The topological polar surface area (TPSA) is 114 Å². The van der Waals surface area contributed by atoms with Crippen LogP contribution < -0.4 is 15.4 Å². The molecule has 0 spiro atoms. The third kappa shape index (κ3) is 5.61. The number of rotatable bonds is 7. The van der Waals surface area contributed by atoms with Crippen molar-refractivity contribution in [1.82, 2.24) is 14.9 Å². The molecule has 3 rings (SSSR count). The number of nitrogens with zero attached hydrogens (tertiary/aromatic N) is 1. The van der Waals surface area contributed by atoms with Crippen LogP contribution in [0.15, 0.2) is 53.4 Å². The zero-order chi connectivity index (χ0) is 23.1. The summed E-state index contributed by atoms with van der Waals surface area (Å²) in [6.45, 7) is 0.332. The number of benzene rings is 2. The summed E-state index contributed by atoms with van der Waals surface area (Å²) < 4.78 is 50.8. The van der Waals surface area contributed by atoms with Gasteiger partial charge in [-0.3, -0.25) is 9.59 Å². The lowest BCUT2D eigenvalue weighted by molar-refractivity contribution is -0.140. The highest BCUT2D eigenvalue weighted by Crippen LogP contribution is 2.22. The maximum absolute atomic E-state index is 13.2. The van der Waals surface area contributed by atoms with Gasteiger partial charge in [-0.1, -0.05) is 18.2 Å². The molecule has 1 aliphatic rings. The van der Waals surface area contributed by atoms with Gasteiger partial charge >= 0.3 is 11.8 Å². The molecule has 1 saturated heterocycles. The Morgan fingerprint density at radius 2 is 1.81 bits per heavy atom. The number of hydrogen-bond acceptors (Lipinski definition) is 6. The average molecular weight is 466 g/mol. The normalized spacial score (nSPS) is 16.9. The number of carbonyl (C=O) groups is 2. The van der Waals surface area contributed by atoms with Crippen molar-refractivity contribution in [3.05, 3.63) is 59.9 Å². The van der Waals surface area contributed by atoms with Gasteiger partial charge in [0.15, 0.2) is 0 Å². The Labute approximate surface area is 185 Å². The fourth-order valence-corrected chi connectivity index (χ4v) is 4.77. The molecule has 0 saturated carbocycles. The molecule has 1 fully saturated rings. The molecule has 0 aliphatic carbocycles. The maximum atomic E-state index is 13.2. The van der Waals surface area contributed by atoms with Crippen LogP contribution in [-0.2, 0) is 30.9 Å². The van der Waals surface area contributed by atoms with Crippen molar-refractivity contribution in [1.29, 1.82) is 0 Å². The number of methoxy groups -OCH3 is 1. The zero-order valence-electron chi connectivity index (χ0n) is 17.4. The molecule has 1 atom stereocenters. The summed E-state index contributed by atoms with van der Waals surface area (Å²) in [5.74, 6) is -1.78. The Kier molecular flexibility index (Phi) is 7.78. The van der Waals surface area contributed by atoms with Gasteiger partial charge in [0, 0.05) is 18.7 Å². The van der Waals surface area contributed by atoms with Gasteiger partial charge in [0.2, 0.25) is 10.0 Å². The van der Waals surface area contributed by atoms with Crippen molar-refractivity contribution in [2.75, 3.05) is 26.8 Å². The highest BCUT2D eigenvalue weighted by atomic mass is 32.2. The molecule has 9 nitrogen and oxygen atoms in total. The molecule has 0 radical (unpaired) electrons. The van der Waals surface area contributed by atoms with Crippen LogP contribution in [0.1, 0.15) is 12.0 Å². The fourth-order valence-electron chi connectivity index (χ4n) is 3.21. The largest absolute Gasteiger partial charge is 0.496 e. The van der Waals surface area contributed by atoms with Crippen molar-refractivity contribution >= 4 is 21.8 Å². The molecule has 2 amide bonds. The summed E-state index contributed by atoms with van der Waals surface area (Å²) in [5.41, 5.74) is 0.698. The summed E-state index contributed by atoms with van der Waals surface area (Å²) in [5, 5.41) is 4.90. The van der Waals surface area contributed by atoms with Gasteiger partial charge in [0.05, 0.1) is 25.2 Å². The molecule has 2 N–H and O–H groups in total. The molecule has 32 heavy (non-hydrogen) atoms. The molecule has 0 bridgehead atoms. The Bertz CT molecular complexity index is 1060. The molecule has 2 aromatic carbocycles. The van der Waals surface area contributed by atoms with E-state index in [4.69, 9.17) is 9.47 Å². The minimum Gasteiger partial charge on any atom is -0.496 e. The lowest BCUT2D eigenvalue weighted by atomic mass is 10.2. The Balaban J connectivity index is 1.59. The maximum Gasteiger partial charge on any atom is 0.309 e. The van der Waals surface area contributed by atoms with Crippen LogP contribution in [0.3, 0.4) is 0 Å². The number of ether oxygens (including phenoxy) is 2. The first-order chi connectivity index (χ1) is 15.3. The number of para-hydroxylation sites is 1. The first-order valence-electron chi connectivity index (χ1n) is 9.90. The lowest BCUT2D eigenvalue weighted by Gasteiger charge is -2.34. The lowest BCUT2D eigenvalue weighted by Crippen LogP contribution is -2.53. The fraction of sp³-hybridized carbons (Fsp3) is 0.333. The number of sulfonamides is 1. The van der Waals surface area contributed by atoms with E-state index in [2.05, 4.69) is 10.6 Å². The molecular formula is C21H24FN3O6S. The molecule has 1 heterocycles.